The van der Waals surface area contributed by atoms with Crippen molar-refractivity contribution in [3.05, 3.63) is 138 Å². The molecule has 1 N–H and O–H groups in total. The van der Waals surface area contributed by atoms with Gasteiger partial charge in [0.1, 0.15) is 32.2 Å². The molecule has 3 aromatic rings. The van der Waals surface area contributed by atoms with E-state index in [2.05, 4.69) is 53.1 Å². The van der Waals surface area contributed by atoms with Gasteiger partial charge in [0.25, 0.3) is 0 Å². The molecule has 18 heteroatoms. The summed E-state index contributed by atoms with van der Waals surface area (Å²) in [6.07, 6.45) is 0. The van der Waals surface area contributed by atoms with Crippen LogP contribution >= 0.6 is 82.6 Å². The summed E-state index contributed by atoms with van der Waals surface area (Å²) in [6, 6.07) is 19.2. The van der Waals surface area contributed by atoms with Crippen LogP contribution in [0.4, 0.5) is 0 Å². The highest BCUT2D eigenvalue weighted by atomic mass is 79.9. The van der Waals surface area contributed by atoms with Crippen LogP contribution in [0, 0.1) is 0 Å². The number of hydrogen-bond acceptors (Lipinski definition) is 9. The van der Waals surface area contributed by atoms with E-state index in [4.69, 9.17) is 34.8 Å². The molecule has 1 atom stereocenters. The predicted molar refractivity (Wildman–Crippen MR) is 224 cm³/mol. The van der Waals surface area contributed by atoms with Crippen molar-refractivity contribution in [1.82, 2.24) is 15.1 Å². The van der Waals surface area contributed by atoms with Crippen molar-refractivity contribution in [2.24, 2.45) is 0 Å². The van der Waals surface area contributed by atoms with Crippen molar-refractivity contribution in [1.29, 1.82) is 0 Å². The minimum atomic E-state index is -0.482. The first-order valence-corrected chi connectivity index (χ1v) is 20.5. The normalized spacial score (nSPS) is 15.0. The molecular weight excluding hydrogens is 1000 g/mol. The van der Waals surface area contributed by atoms with Crippen LogP contribution in [-0.2, 0) is 14.4 Å². The number of nitrogens with one attached hydrogen (secondary N) is 1. The number of nitrogens with zero attached hydrogens (tertiary/aromatic N) is 2. The van der Waals surface area contributed by atoms with E-state index in [1.165, 1.54) is 26.2 Å². The number of halogens is 6. The zero-order valence-electron chi connectivity index (χ0n) is 29.8. The summed E-state index contributed by atoms with van der Waals surface area (Å²) >= 11 is 26.9. The third-order valence-electron chi connectivity index (χ3n) is 8.36. The number of carbonyl (C=O) groups excluding carboxylic acids is 9. The molecule has 3 amide bonds. The average molecular weight is 1030 g/mol. The molecule has 3 aliphatic rings. The monoisotopic (exact) mass is 1020 g/mol. The molecule has 294 valence electrons. The minimum absolute atomic E-state index is 0.0176. The van der Waals surface area contributed by atoms with Crippen molar-refractivity contribution in [2.45, 2.75) is 11.8 Å². The molecule has 0 fully saturated rings. The Morgan fingerprint density at radius 1 is 0.561 bits per heavy atom. The fourth-order valence-corrected chi connectivity index (χ4v) is 7.17. The van der Waals surface area contributed by atoms with Crippen LogP contribution in [0.15, 0.2) is 105 Å². The lowest BCUT2D eigenvalue weighted by atomic mass is 9.92. The number of allylic oxidation sites excluding steroid dienone is 6. The van der Waals surface area contributed by atoms with Crippen molar-refractivity contribution >= 4 is 135 Å². The van der Waals surface area contributed by atoms with E-state index in [0.717, 1.165) is 9.80 Å². The number of alkyl halides is 3. The smallest absolute Gasteiger partial charge is 0.240 e. The van der Waals surface area contributed by atoms with Crippen molar-refractivity contribution in [3.8, 4) is 0 Å². The second kappa shape index (κ2) is 19.4. The highest BCUT2D eigenvalue weighted by Gasteiger charge is 2.37. The van der Waals surface area contributed by atoms with E-state index in [1.807, 2.05) is 0 Å². The molecule has 3 aliphatic carbocycles. The van der Waals surface area contributed by atoms with Gasteiger partial charge in [0.2, 0.25) is 52.4 Å². The average Bonchev–Trinajstić information content (AvgIpc) is 3.22. The van der Waals surface area contributed by atoms with Crippen LogP contribution in [0.25, 0.3) is 0 Å². The molecule has 0 bridgehead atoms. The van der Waals surface area contributed by atoms with E-state index in [1.54, 1.807) is 67.6 Å². The fourth-order valence-electron chi connectivity index (χ4n) is 5.48. The van der Waals surface area contributed by atoms with Gasteiger partial charge in [-0.05, 0) is 6.92 Å². The molecule has 3 aromatic carbocycles. The van der Waals surface area contributed by atoms with E-state index < -0.39 is 45.4 Å². The Balaban J connectivity index is 0.000000190. The summed E-state index contributed by atoms with van der Waals surface area (Å²) in [5, 5.41) is 1.69. The molecule has 0 radical (unpaired) electrons. The van der Waals surface area contributed by atoms with Gasteiger partial charge in [-0.15, -0.1) is 0 Å². The Bertz CT molecular complexity index is 2390. The molecule has 0 saturated carbocycles. The second-order valence-corrected chi connectivity index (χ2v) is 15.5. The van der Waals surface area contributed by atoms with Gasteiger partial charge < -0.3 is 15.1 Å². The van der Waals surface area contributed by atoms with Gasteiger partial charge >= 0.3 is 0 Å². The van der Waals surface area contributed by atoms with Crippen molar-refractivity contribution < 1.29 is 43.2 Å². The number of rotatable bonds is 6. The molecule has 0 saturated heterocycles. The molecule has 57 heavy (non-hydrogen) atoms. The molecule has 6 rings (SSSR count). The Morgan fingerprint density at radius 3 is 1.25 bits per heavy atom. The molecule has 0 heterocycles. The molecule has 0 aliphatic heterocycles. The zero-order chi connectivity index (χ0) is 42.5. The third-order valence-corrected chi connectivity index (χ3v) is 10.8. The number of amides is 3. The Morgan fingerprint density at radius 2 is 0.895 bits per heavy atom. The third kappa shape index (κ3) is 9.35. The topological polar surface area (TPSA) is 172 Å². The molecule has 0 aromatic heterocycles. The number of carbonyl (C=O) groups is 9. The molecule has 1 unspecified atom stereocenters. The van der Waals surface area contributed by atoms with Crippen LogP contribution in [0.2, 0.25) is 0 Å². The van der Waals surface area contributed by atoms with Crippen LogP contribution in [-0.4, -0.2) is 91.8 Å². The first-order chi connectivity index (χ1) is 26.9. The van der Waals surface area contributed by atoms with Gasteiger partial charge in [0.15, 0.2) is 0 Å². The Hall–Kier alpha value is -4.38. The summed E-state index contributed by atoms with van der Waals surface area (Å²) in [5.74, 6) is -3.79. The van der Waals surface area contributed by atoms with Crippen molar-refractivity contribution in [3.63, 3.8) is 0 Å². The molecular formula is C39H27Br3Cl3N3O9. The number of hydrogen-bond donors (Lipinski definition) is 1. The standard InChI is InChI=1S/C14H11BrClNO3.C13H9BrClNO3.C12H7BrClNO3/c1-7(15)14(20)17(2)11-10(16)12(18)8-5-3-4-6-9(8)13(11)19;1-16(9(17)6-14)11-10(15)12(18)7-4-2-3-5-8(7)13(11)19;13-5-8(16)15-10-9(14)11(17)6-3-1-2-4-7(6)12(10)18/h3-7H,1-2H3;2-5H,6H2,1H3;1-4H,5H2,(H,15,16). The zero-order valence-corrected chi connectivity index (χ0v) is 36.8. The van der Waals surface area contributed by atoms with E-state index in [0.29, 0.717) is 0 Å². The van der Waals surface area contributed by atoms with Gasteiger partial charge in [-0.3, -0.25) is 43.2 Å². The second-order valence-electron chi connectivity index (χ2n) is 11.9. The van der Waals surface area contributed by atoms with Crippen LogP contribution in [0.3, 0.4) is 0 Å². The number of ketones is 6. The summed E-state index contributed by atoms with van der Waals surface area (Å²) in [4.78, 5) is 110. The van der Waals surface area contributed by atoms with Gasteiger partial charge in [0, 0.05) is 47.5 Å². The maximum atomic E-state index is 12.4. The maximum Gasteiger partial charge on any atom is 0.240 e. The number of benzene rings is 3. The molecule has 0 spiro atoms. The van der Waals surface area contributed by atoms with Gasteiger partial charge in [-0.2, -0.15) is 0 Å². The lowest BCUT2D eigenvalue weighted by molar-refractivity contribution is -0.127. The lowest BCUT2D eigenvalue weighted by Crippen LogP contribution is -2.37. The molecule has 12 nitrogen and oxygen atoms in total. The quantitative estimate of drug-likeness (QED) is 0.252. The lowest BCUT2D eigenvalue weighted by Gasteiger charge is -2.25. The van der Waals surface area contributed by atoms with Crippen LogP contribution < -0.4 is 5.32 Å². The highest BCUT2D eigenvalue weighted by molar-refractivity contribution is 9.10. The van der Waals surface area contributed by atoms with Gasteiger partial charge in [-0.1, -0.05) is 155 Å². The fraction of sp³-hybridized carbons (Fsp3) is 0.154. The maximum absolute atomic E-state index is 12.4. The summed E-state index contributed by atoms with van der Waals surface area (Å²) in [5.41, 5.74) is 1.24. The summed E-state index contributed by atoms with van der Waals surface area (Å²) in [7, 11) is 2.84. The summed E-state index contributed by atoms with van der Waals surface area (Å²) in [6.45, 7) is 1.64. The van der Waals surface area contributed by atoms with E-state index in [-0.39, 0.29) is 88.0 Å². The number of likely N-dealkylation sites (N-methyl/N-ethyl adjacent to an activating group) is 2. The number of Topliss-reactive ketones (excluding diaryl/α,β-unsaturated/α-hetero) is 6. The Kier molecular flexibility index (Phi) is 15.4. The van der Waals surface area contributed by atoms with E-state index in [9.17, 15) is 43.2 Å². The van der Waals surface area contributed by atoms with Gasteiger partial charge in [-0.25, -0.2) is 0 Å². The Labute approximate surface area is 365 Å². The van der Waals surface area contributed by atoms with Gasteiger partial charge in [0.05, 0.1) is 15.5 Å². The number of fused-ring (bicyclic) bond motifs is 3. The van der Waals surface area contributed by atoms with Crippen LogP contribution in [0.5, 0.6) is 0 Å². The summed E-state index contributed by atoms with van der Waals surface area (Å²) < 4.78 is 0. The van der Waals surface area contributed by atoms with Crippen LogP contribution in [0.1, 0.15) is 69.1 Å². The van der Waals surface area contributed by atoms with Crippen molar-refractivity contribution in [2.75, 3.05) is 24.8 Å². The largest absolute Gasteiger partial charge is 0.321 e. The first-order valence-electron chi connectivity index (χ1n) is 16.3. The SMILES string of the molecule is CC(Br)C(=O)N(C)C1=C(Cl)C(=O)c2ccccc2C1=O.CN(C(=O)CBr)C1=C(Cl)C(=O)c2ccccc2C1=O.O=C(CBr)NC1=C(Cl)C(=O)c2ccccc2C1=O. The van der Waals surface area contributed by atoms with E-state index >= 15 is 0 Å². The highest BCUT2D eigenvalue weighted by Crippen LogP contribution is 2.32. The minimum Gasteiger partial charge on any atom is -0.321 e. The first kappa shape index (κ1) is 45.3. The predicted octanol–water partition coefficient (Wildman–Crippen LogP) is 7.15.